The van der Waals surface area contributed by atoms with Crippen molar-refractivity contribution in [1.82, 2.24) is 0 Å². The summed E-state index contributed by atoms with van der Waals surface area (Å²) in [6, 6.07) is 2.87. The summed E-state index contributed by atoms with van der Waals surface area (Å²) in [6.45, 7) is 4.32. The molecule has 2 aliphatic carbocycles. The Bertz CT molecular complexity index is 688. The molecule has 1 aromatic carbocycles. The summed E-state index contributed by atoms with van der Waals surface area (Å²) in [7, 11) is 0. The van der Waals surface area contributed by atoms with Gasteiger partial charge >= 0.3 is 5.97 Å². The number of benzene rings is 1. The lowest BCUT2D eigenvalue weighted by atomic mass is 9.78. The van der Waals surface area contributed by atoms with Crippen molar-refractivity contribution < 1.29 is 22.7 Å². The highest BCUT2D eigenvalue weighted by molar-refractivity contribution is 5.91. The number of esters is 1. The van der Waals surface area contributed by atoms with Gasteiger partial charge in [0.05, 0.1) is 11.1 Å². The zero-order valence-electron chi connectivity index (χ0n) is 17.6. The first-order valence-corrected chi connectivity index (χ1v) is 11.2. The number of alkyl halides is 2. The van der Waals surface area contributed by atoms with Crippen LogP contribution in [0.4, 0.5) is 13.2 Å². The molecule has 2 fully saturated rings. The second-order valence-electron chi connectivity index (χ2n) is 9.02. The molecule has 2 aliphatic rings. The number of carbonyl (C=O) groups is 1. The normalized spacial score (nSPS) is 27.8. The summed E-state index contributed by atoms with van der Waals surface area (Å²) < 4.78 is 48.0. The van der Waals surface area contributed by atoms with Gasteiger partial charge in [-0.1, -0.05) is 45.6 Å². The van der Waals surface area contributed by atoms with Gasteiger partial charge in [-0.25, -0.2) is 18.0 Å². The molecule has 0 N–H and O–H groups in total. The van der Waals surface area contributed by atoms with Gasteiger partial charge in [-0.3, -0.25) is 0 Å². The Hall–Kier alpha value is -1.52. The van der Waals surface area contributed by atoms with Crippen LogP contribution in [0.1, 0.15) is 112 Å². The fourth-order valence-corrected chi connectivity index (χ4v) is 5.05. The van der Waals surface area contributed by atoms with Gasteiger partial charge in [0.2, 0.25) is 0 Å². The van der Waals surface area contributed by atoms with E-state index >= 15 is 4.39 Å². The van der Waals surface area contributed by atoms with E-state index in [-0.39, 0.29) is 17.6 Å². The van der Waals surface area contributed by atoms with Gasteiger partial charge in [0, 0.05) is 0 Å². The lowest BCUT2D eigenvalue weighted by molar-refractivity contribution is 0.0152. The predicted octanol–water partition coefficient (Wildman–Crippen LogP) is 7.57. The number of hydrogen-bond donors (Lipinski definition) is 0. The van der Waals surface area contributed by atoms with Gasteiger partial charge in [-0.05, 0) is 67.9 Å². The first-order valence-electron chi connectivity index (χ1n) is 11.2. The minimum atomic E-state index is -3.04. The molecule has 0 aliphatic heterocycles. The number of ether oxygens (including phenoxy) is 1. The molecule has 0 radical (unpaired) electrons. The van der Waals surface area contributed by atoms with Gasteiger partial charge < -0.3 is 4.74 Å². The maximum Gasteiger partial charge on any atom is 0.339 e. The molecular weight excluding hydrogens is 377 g/mol. The molecule has 0 atom stereocenters. The van der Waals surface area contributed by atoms with Crippen LogP contribution in [0, 0.1) is 17.7 Å². The summed E-state index contributed by atoms with van der Waals surface area (Å²) in [5.41, 5.74) is -0.782. The van der Waals surface area contributed by atoms with Crippen molar-refractivity contribution in [2.75, 3.05) is 0 Å². The van der Waals surface area contributed by atoms with Crippen LogP contribution in [-0.2, 0) is 4.74 Å². The van der Waals surface area contributed by atoms with E-state index in [0.717, 1.165) is 57.8 Å². The Balaban J connectivity index is 1.73. The van der Waals surface area contributed by atoms with E-state index in [0.29, 0.717) is 17.4 Å². The van der Waals surface area contributed by atoms with E-state index in [1.165, 1.54) is 18.6 Å². The first kappa shape index (κ1) is 22.2. The molecule has 0 unspecified atom stereocenters. The molecule has 0 aromatic heterocycles. The molecule has 0 bridgehead atoms. The topological polar surface area (TPSA) is 26.3 Å². The standard InChI is InChI=1S/C24H33F3O2/c1-3-4-16-7-11-18(12-8-16)29-24(28)20-14-13-19(22(25)21(20)23(26)27)17-9-5-15(2)6-10-17/h13-18,23H,3-12H2,1-2H3. The Labute approximate surface area is 172 Å². The molecule has 2 saturated carbocycles. The number of halogens is 3. The Morgan fingerprint density at radius 3 is 2.31 bits per heavy atom. The Morgan fingerprint density at radius 2 is 1.72 bits per heavy atom. The minimum Gasteiger partial charge on any atom is -0.459 e. The van der Waals surface area contributed by atoms with Crippen LogP contribution in [0.25, 0.3) is 0 Å². The van der Waals surface area contributed by atoms with Gasteiger partial charge in [0.1, 0.15) is 11.9 Å². The monoisotopic (exact) mass is 410 g/mol. The van der Waals surface area contributed by atoms with Crippen molar-refractivity contribution in [3.05, 3.63) is 34.6 Å². The highest BCUT2D eigenvalue weighted by Crippen LogP contribution is 2.40. The van der Waals surface area contributed by atoms with E-state index < -0.39 is 23.8 Å². The highest BCUT2D eigenvalue weighted by atomic mass is 19.3. The lowest BCUT2D eigenvalue weighted by Gasteiger charge is -2.29. The summed E-state index contributed by atoms with van der Waals surface area (Å²) in [4.78, 5) is 12.6. The zero-order chi connectivity index (χ0) is 21.0. The zero-order valence-corrected chi connectivity index (χ0v) is 17.6. The van der Waals surface area contributed by atoms with Crippen LogP contribution in [0.3, 0.4) is 0 Å². The van der Waals surface area contributed by atoms with Gasteiger partial charge in [0.25, 0.3) is 6.43 Å². The number of rotatable bonds is 6. The summed E-state index contributed by atoms with van der Waals surface area (Å²) >= 11 is 0. The molecule has 2 nitrogen and oxygen atoms in total. The quantitative estimate of drug-likeness (QED) is 0.452. The maximum atomic E-state index is 15.1. The predicted molar refractivity (Wildman–Crippen MR) is 108 cm³/mol. The number of carbonyl (C=O) groups excluding carboxylic acids is 1. The van der Waals surface area contributed by atoms with Gasteiger partial charge in [0.15, 0.2) is 0 Å². The summed E-state index contributed by atoms with van der Waals surface area (Å²) in [6.07, 6.45) is 6.02. The van der Waals surface area contributed by atoms with Crippen molar-refractivity contribution in [2.24, 2.45) is 11.8 Å². The summed E-state index contributed by atoms with van der Waals surface area (Å²) in [5, 5.41) is 0. The molecule has 0 amide bonds. The third kappa shape index (κ3) is 5.35. The molecule has 162 valence electrons. The van der Waals surface area contributed by atoms with Crippen molar-refractivity contribution in [1.29, 1.82) is 0 Å². The van der Waals surface area contributed by atoms with Crippen LogP contribution in [0.5, 0.6) is 0 Å². The second kappa shape index (κ2) is 9.99. The Morgan fingerprint density at radius 1 is 1.07 bits per heavy atom. The first-order chi connectivity index (χ1) is 13.9. The minimum absolute atomic E-state index is 0.0531. The smallest absolute Gasteiger partial charge is 0.339 e. The fourth-order valence-electron chi connectivity index (χ4n) is 5.05. The fraction of sp³-hybridized carbons (Fsp3) is 0.708. The van der Waals surface area contributed by atoms with E-state index in [1.54, 1.807) is 0 Å². The SMILES string of the molecule is CCCC1CCC(OC(=O)c2ccc(C3CCC(C)CC3)c(F)c2C(F)F)CC1. The van der Waals surface area contributed by atoms with Crippen molar-refractivity contribution in [3.8, 4) is 0 Å². The number of hydrogen-bond acceptors (Lipinski definition) is 2. The van der Waals surface area contributed by atoms with Crippen molar-refractivity contribution in [3.63, 3.8) is 0 Å². The highest BCUT2D eigenvalue weighted by Gasteiger charge is 2.31. The molecule has 5 heteroatoms. The third-order valence-corrected chi connectivity index (χ3v) is 6.87. The molecule has 1 aromatic rings. The molecule has 0 saturated heterocycles. The summed E-state index contributed by atoms with van der Waals surface area (Å²) in [5.74, 6) is -0.544. The molecule has 29 heavy (non-hydrogen) atoms. The van der Waals surface area contributed by atoms with E-state index in [1.807, 2.05) is 0 Å². The third-order valence-electron chi connectivity index (χ3n) is 6.87. The average molecular weight is 411 g/mol. The Kier molecular flexibility index (Phi) is 7.64. The average Bonchev–Trinajstić information content (AvgIpc) is 2.70. The van der Waals surface area contributed by atoms with Gasteiger partial charge in [-0.2, -0.15) is 0 Å². The maximum absolute atomic E-state index is 15.1. The van der Waals surface area contributed by atoms with Crippen LogP contribution < -0.4 is 0 Å². The van der Waals surface area contributed by atoms with Gasteiger partial charge in [-0.15, -0.1) is 0 Å². The van der Waals surface area contributed by atoms with Crippen LogP contribution in [0.2, 0.25) is 0 Å². The van der Waals surface area contributed by atoms with Crippen LogP contribution in [-0.4, -0.2) is 12.1 Å². The van der Waals surface area contributed by atoms with Crippen molar-refractivity contribution in [2.45, 2.75) is 96.5 Å². The van der Waals surface area contributed by atoms with Crippen molar-refractivity contribution >= 4 is 5.97 Å². The molecule has 0 spiro atoms. The second-order valence-corrected chi connectivity index (χ2v) is 9.02. The lowest BCUT2D eigenvalue weighted by Crippen LogP contribution is -2.25. The largest absolute Gasteiger partial charge is 0.459 e. The molecular formula is C24H33F3O2. The van der Waals surface area contributed by atoms with E-state index in [2.05, 4.69) is 13.8 Å². The van der Waals surface area contributed by atoms with E-state index in [9.17, 15) is 13.6 Å². The van der Waals surface area contributed by atoms with Crippen LogP contribution >= 0.6 is 0 Å². The molecule has 3 rings (SSSR count). The van der Waals surface area contributed by atoms with E-state index in [4.69, 9.17) is 4.74 Å². The molecule has 0 heterocycles. The van der Waals surface area contributed by atoms with Crippen LogP contribution in [0.15, 0.2) is 12.1 Å².